The zero-order chi connectivity index (χ0) is 40.4. The van der Waals surface area contributed by atoms with Crippen LogP contribution in [0.25, 0.3) is 10.9 Å². The van der Waals surface area contributed by atoms with Crippen LogP contribution in [0.1, 0.15) is 91.2 Å². The lowest BCUT2D eigenvalue weighted by Crippen LogP contribution is -2.60. The topological polar surface area (TPSA) is 208 Å². The van der Waals surface area contributed by atoms with Crippen LogP contribution in [-0.4, -0.2) is 90.0 Å². The third-order valence-corrected chi connectivity index (χ3v) is 13.9. The van der Waals surface area contributed by atoms with Crippen LogP contribution in [0.2, 0.25) is 0 Å². The van der Waals surface area contributed by atoms with Crippen molar-refractivity contribution in [2.24, 2.45) is 23.0 Å². The summed E-state index contributed by atoms with van der Waals surface area (Å²) in [5.74, 6) is -1.52. The molecule has 4 fully saturated rings. The number of nitrogens with one attached hydrogen (secondary N) is 3. The number of rotatable bonds is 7. The summed E-state index contributed by atoms with van der Waals surface area (Å²) in [6.07, 6.45) is 6.41. The Hall–Kier alpha value is -4.44. The van der Waals surface area contributed by atoms with E-state index in [1.807, 2.05) is 31.2 Å². The van der Waals surface area contributed by atoms with Crippen molar-refractivity contribution in [2.75, 3.05) is 13.7 Å². The van der Waals surface area contributed by atoms with Gasteiger partial charge in [0.25, 0.3) is 5.91 Å². The van der Waals surface area contributed by atoms with Crippen LogP contribution in [0.15, 0.2) is 36.9 Å². The molecule has 3 saturated carbocycles. The summed E-state index contributed by atoms with van der Waals surface area (Å²) in [5.41, 5.74) is 3.75. The minimum atomic E-state index is -3.93. The maximum atomic E-state index is 14.8. The van der Waals surface area contributed by atoms with Crippen molar-refractivity contribution in [1.29, 1.82) is 0 Å². The van der Waals surface area contributed by atoms with Gasteiger partial charge in [0, 0.05) is 23.6 Å². The quantitative estimate of drug-likeness (QED) is 0.298. The Kier molecular flexibility index (Phi) is 10.1. The van der Waals surface area contributed by atoms with Crippen LogP contribution >= 0.6 is 0 Å². The van der Waals surface area contributed by atoms with Crippen molar-refractivity contribution in [1.82, 2.24) is 25.2 Å². The van der Waals surface area contributed by atoms with E-state index < -0.39 is 79.4 Å². The summed E-state index contributed by atoms with van der Waals surface area (Å²) >= 11 is 0. The highest BCUT2D eigenvalue weighted by atomic mass is 32.2. The summed E-state index contributed by atoms with van der Waals surface area (Å²) in [4.78, 5) is 62.6. The number of hydrogen-bond acceptors (Lipinski definition) is 11. The average molecular weight is 795 g/mol. The Morgan fingerprint density at radius 3 is 2.50 bits per heavy atom. The van der Waals surface area contributed by atoms with Crippen LogP contribution in [-0.2, 0) is 35.6 Å². The number of benzene rings is 1. The van der Waals surface area contributed by atoms with Crippen molar-refractivity contribution in [3.8, 4) is 11.5 Å². The number of methoxy groups -OCH3 is 1. The van der Waals surface area contributed by atoms with E-state index in [9.17, 15) is 27.6 Å². The van der Waals surface area contributed by atoms with Gasteiger partial charge in [0.05, 0.1) is 30.1 Å². The number of aryl methyl sites for hydroxylation is 1. The molecule has 5 aliphatic rings. The number of fused-ring (bicyclic) bond motifs is 5. The maximum absolute atomic E-state index is 14.8. The molecule has 1 saturated heterocycles. The molecule has 2 aliphatic heterocycles. The van der Waals surface area contributed by atoms with E-state index in [2.05, 4.69) is 21.9 Å². The zero-order valence-corrected chi connectivity index (χ0v) is 33.6. The van der Waals surface area contributed by atoms with Gasteiger partial charge in [0.1, 0.15) is 34.7 Å². The average Bonchev–Trinajstić information content (AvgIpc) is 4.06. The van der Waals surface area contributed by atoms with Gasteiger partial charge < -0.3 is 29.7 Å². The second-order valence-corrected chi connectivity index (χ2v) is 19.6. The minimum Gasteiger partial charge on any atom is -0.497 e. The van der Waals surface area contributed by atoms with Crippen LogP contribution in [0.5, 0.6) is 11.5 Å². The molecular weight excluding hydrogens is 741 g/mol. The number of sulfonamides is 1. The van der Waals surface area contributed by atoms with Gasteiger partial charge in [-0.2, -0.15) is 0 Å². The summed E-state index contributed by atoms with van der Waals surface area (Å²) in [6, 6.07) is 4.96. The molecule has 5 N–H and O–H groups in total. The van der Waals surface area contributed by atoms with Gasteiger partial charge in [-0.15, -0.1) is 6.58 Å². The molecule has 0 unspecified atom stereocenters. The number of pyridine rings is 1. The number of carbonyl (C=O) groups excluding carboxylic acids is 4. The molecule has 7 atom stereocenters. The number of carbonyl (C=O) groups is 4. The van der Waals surface area contributed by atoms with Crippen LogP contribution in [0.3, 0.4) is 0 Å². The number of nitrogens with two attached hydrogens (primary N) is 1. The smallest absolute Gasteiger partial charge is 0.408 e. The first kappa shape index (κ1) is 39.8. The predicted molar refractivity (Wildman–Crippen MR) is 207 cm³/mol. The Labute approximate surface area is 327 Å². The molecule has 0 spiro atoms. The Morgan fingerprint density at radius 2 is 1.84 bits per heavy atom. The lowest BCUT2D eigenvalue weighted by atomic mass is 9.85. The molecule has 16 heteroatoms. The van der Waals surface area contributed by atoms with Crippen molar-refractivity contribution in [3.05, 3.63) is 42.6 Å². The molecule has 15 nitrogen and oxygen atoms in total. The highest BCUT2D eigenvalue weighted by Crippen LogP contribution is 2.50. The van der Waals surface area contributed by atoms with Gasteiger partial charge in [-0.1, -0.05) is 39.7 Å². The fraction of sp³-hybridized carbons (Fsp3) is 0.625. The standard InChI is InChI=1S/C40H54N6O9S/c1-7-24-20-40(24,35(49)45-56(51,52)27-14-15-27)44-33(47)30-21-39(41)22-46(30)34(48)32(37(2,3)4)43-36(50)55-38(5)19-25(38)11-9-8-10-12-29-31(54-39)18-23-17-26(53-6)13-16-28(23)42-29/h7,13,16-18,24-25,27,30,32H,1,8-12,14-15,19-22,41H2,2-6H3,(H,43,50)(H,44,47)(H,45,49)/t24-,25-,30+,32-,38-,39-,40-/m1/s1. The predicted octanol–water partition coefficient (Wildman–Crippen LogP) is 3.58. The fourth-order valence-electron chi connectivity index (χ4n) is 8.24. The number of ether oxygens (including phenoxy) is 3. The number of hydrogen-bond donors (Lipinski definition) is 4. The van der Waals surface area contributed by atoms with E-state index in [4.69, 9.17) is 24.9 Å². The highest BCUT2D eigenvalue weighted by molar-refractivity contribution is 7.91. The molecule has 2 bridgehead atoms. The molecule has 4 amide bonds. The van der Waals surface area contributed by atoms with Crippen molar-refractivity contribution in [2.45, 2.75) is 126 Å². The molecular formula is C40H54N6O9S. The van der Waals surface area contributed by atoms with Crippen LogP contribution in [0.4, 0.5) is 4.79 Å². The monoisotopic (exact) mass is 794 g/mol. The Balaban J connectivity index is 1.25. The molecule has 0 radical (unpaired) electrons. The van der Waals surface area contributed by atoms with E-state index in [0.717, 1.165) is 43.0 Å². The molecule has 7 rings (SSSR count). The summed E-state index contributed by atoms with van der Waals surface area (Å²) in [7, 11) is -2.35. The first-order chi connectivity index (χ1) is 26.3. The van der Waals surface area contributed by atoms with Crippen molar-refractivity contribution >= 4 is 44.7 Å². The highest BCUT2D eigenvalue weighted by Gasteiger charge is 2.63. The number of nitrogens with zero attached hydrogens (tertiary/aromatic N) is 2. The SMILES string of the molecule is C=C[C@@H]1C[C@]1(NC(=O)[C@@H]1C[C@]2(N)CN1C(=O)[C@H](C(C)(C)C)NC(=O)O[C@]1(C)C[C@H]1CCCCCc1nc3ccc(OC)cc3cc1O2)C(=O)NS(=O)(=O)C1CC1. The zero-order valence-electron chi connectivity index (χ0n) is 32.8. The van der Waals surface area contributed by atoms with E-state index in [1.165, 1.54) is 11.0 Å². The molecule has 2 aromatic rings. The third kappa shape index (κ3) is 7.91. The molecule has 304 valence electrons. The van der Waals surface area contributed by atoms with Crippen molar-refractivity contribution < 1.29 is 41.8 Å². The second kappa shape index (κ2) is 14.2. The molecule has 1 aromatic heterocycles. The summed E-state index contributed by atoms with van der Waals surface area (Å²) in [6.45, 7) is 10.8. The van der Waals surface area contributed by atoms with Gasteiger partial charge in [0.2, 0.25) is 21.8 Å². The molecule has 3 heterocycles. The molecule has 56 heavy (non-hydrogen) atoms. The number of aromatic nitrogens is 1. The van der Waals surface area contributed by atoms with E-state index >= 15 is 0 Å². The summed E-state index contributed by atoms with van der Waals surface area (Å²) in [5, 5.41) is 5.68. The fourth-order valence-corrected chi connectivity index (χ4v) is 9.61. The number of amides is 4. The first-order valence-corrected chi connectivity index (χ1v) is 21.1. The maximum Gasteiger partial charge on any atom is 0.408 e. The lowest BCUT2D eigenvalue weighted by Gasteiger charge is -2.36. The minimum absolute atomic E-state index is 0.118. The third-order valence-electron chi connectivity index (χ3n) is 12.1. The normalized spacial score (nSPS) is 32.3. The Morgan fingerprint density at radius 1 is 1.09 bits per heavy atom. The van der Waals surface area contributed by atoms with Gasteiger partial charge in [-0.05, 0) is 81.5 Å². The Bertz CT molecular complexity index is 2070. The van der Waals surface area contributed by atoms with Crippen molar-refractivity contribution in [3.63, 3.8) is 0 Å². The molecule has 3 aliphatic carbocycles. The lowest BCUT2D eigenvalue weighted by molar-refractivity contribution is -0.143. The van der Waals surface area contributed by atoms with Gasteiger partial charge in [-0.25, -0.2) is 18.2 Å². The van der Waals surface area contributed by atoms with E-state index in [0.29, 0.717) is 36.5 Å². The van der Waals surface area contributed by atoms with E-state index in [-0.39, 0.29) is 25.3 Å². The summed E-state index contributed by atoms with van der Waals surface area (Å²) < 4.78 is 45.8. The van der Waals surface area contributed by atoms with E-state index in [1.54, 1.807) is 27.9 Å². The molecule has 1 aromatic carbocycles. The van der Waals surface area contributed by atoms with Gasteiger partial charge >= 0.3 is 6.09 Å². The second-order valence-electron chi connectivity index (χ2n) is 17.7. The van der Waals surface area contributed by atoms with Gasteiger partial charge in [-0.3, -0.25) is 24.8 Å². The van der Waals surface area contributed by atoms with Crippen LogP contribution in [0, 0.1) is 17.3 Å². The van der Waals surface area contributed by atoms with Crippen LogP contribution < -0.4 is 30.6 Å². The largest absolute Gasteiger partial charge is 0.497 e. The number of alkyl carbamates (subject to hydrolysis) is 1. The first-order valence-electron chi connectivity index (χ1n) is 19.6. The van der Waals surface area contributed by atoms with Gasteiger partial charge in [0.15, 0.2) is 5.72 Å².